The summed E-state index contributed by atoms with van der Waals surface area (Å²) in [4.78, 5) is 14.2. The first-order valence-electron chi connectivity index (χ1n) is 12.5. The number of piperazine rings is 1. The Morgan fingerprint density at radius 1 is 1.00 bits per heavy atom. The van der Waals surface area contributed by atoms with Crippen LogP contribution in [0.1, 0.15) is 22.3 Å². The lowest BCUT2D eigenvalue weighted by atomic mass is 10.1. The Morgan fingerprint density at radius 3 is 2.39 bits per heavy atom. The molecule has 1 aliphatic rings. The molecule has 1 atom stereocenters. The van der Waals surface area contributed by atoms with E-state index >= 15 is 0 Å². The fourth-order valence-electron chi connectivity index (χ4n) is 4.44. The van der Waals surface area contributed by atoms with E-state index in [1.54, 1.807) is 19.2 Å². The highest BCUT2D eigenvalue weighted by atomic mass is 32.2. The maximum atomic E-state index is 13.6. The molecular formula is C29H34N2O6S. The highest BCUT2D eigenvalue weighted by Gasteiger charge is 2.35. The number of esters is 1. The Labute approximate surface area is 224 Å². The molecule has 3 aromatic carbocycles. The largest absolute Gasteiger partial charge is 0.497 e. The van der Waals surface area contributed by atoms with Crippen molar-refractivity contribution in [1.82, 2.24) is 10.2 Å². The fraction of sp³-hybridized carbons (Fsp3) is 0.345. The zero-order chi connectivity index (χ0) is 27.1. The van der Waals surface area contributed by atoms with Crippen LogP contribution in [0.25, 0.3) is 0 Å². The molecule has 0 saturated carbocycles. The van der Waals surface area contributed by atoms with E-state index < -0.39 is 15.2 Å². The first kappa shape index (κ1) is 27.6. The summed E-state index contributed by atoms with van der Waals surface area (Å²) in [6.07, 6.45) is 0.120. The van der Waals surface area contributed by atoms with Crippen LogP contribution in [0.15, 0.2) is 71.6 Å². The van der Waals surface area contributed by atoms with E-state index in [1.165, 1.54) is 7.11 Å². The Kier molecular flexibility index (Phi) is 9.04. The lowest BCUT2D eigenvalue weighted by Crippen LogP contribution is -2.54. The van der Waals surface area contributed by atoms with E-state index in [1.807, 2.05) is 66.4 Å². The van der Waals surface area contributed by atoms with Crippen molar-refractivity contribution in [2.24, 2.45) is 0 Å². The van der Waals surface area contributed by atoms with Gasteiger partial charge in [0, 0.05) is 31.7 Å². The standard InChI is InChI=1S/C29H34N2O6S/c1-21-4-11-26(12-5-21)38(33,34)28-18-30-14-15-31(28)19-24-16-23(17-29(32)36-3)8-13-27(24)37-20-22-6-9-25(35-2)10-7-22/h4-13,16,28,30H,14-15,17-20H2,1-3H3. The van der Waals surface area contributed by atoms with Gasteiger partial charge in [0.2, 0.25) is 0 Å². The van der Waals surface area contributed by atoms with E-state index in [2.05, 4.69) is 5.32 Å². The second kappa shape index (κ2) is 12.4. The van der Waals surface area contributed by atoms with Gasteiger partial charge in [0.25, 0.3) is 0 Å². The van der Waals surface area contributed by atoms with Gasteiger partial charge in [0.1, 0.15) is 23.5 Å². The summed E-state index contributed by atoms with van der Waals surface area (Å²) in [5.41, 5.74) is 3.56. The maximum absolute atomic E-state index is 13.6. The average molecular weight is 539 g/mol. The van der Waals surface area contributed by atoms with Gasteiger partial charge in [0.15, 0.2) is 9.84 Å². The van der Waals surface area contributed by atoms with Crippen molar-refractivity contribution in [3.05, 3.63) is 89.0 Å². The molecule has 1 N–H and O–H groups in total. The molecule has 1 unspecified atom stereocenters. The van der Waals surface area contributed by atoms with Gasteiger partial charge in [-0.25, -0.2) is 8.42 Å². The van der Waals surface area contributed by atoms with Crippen LogP contribution < -0.4 is 14.8 Å². The molecule has 4 rings (SSSR count). The van der Waals surface area contributed by atoms with Crippen LogP contribution in [-0.4, -0.2) is 58.5 Å². The summed E-state index contributed by atoms with van der Waals surface area (Å²) in [5, 5.41) is 2.49. The predicted octanol–water partition coefficient (Wildman–Crippen LogP) is 3.50. The summed E-state index contributed by atoms with van der Waals surface area (Å²) < 4.78 is 43.5. The van der Waals surface area contributed by atoms with Gasteiger partial charge in [0.05, 0.1) is 25.5 Å². The third-order valence-corrected chi connectivity index (χ3v) is 8.75. The molecule has 0 aliphatic carbocycles. The normalized spacial score (nSPS) is 16.1. The Balaban J connectivity index is 1.61. The minimum Gasteiger partial charge on any atom is -0.497 e. The molecule has 0 radical (unpaired) electrons. The molecule has 202 valence electrons. The molecule has 8 nitrogen and oxygen atoms in total. The number of nitrogens with one attached hydrogen (secondary N) is 1. The number of carbonyl (C=O) groups excluding carboxylic acids is 1. The van der Waals surface area contributed by atoms with Crippen LogP contribution >= 0.6 is 0 Å². The minimum atomic E-state index is -3.62. The molecule has 1 fully saturated rings. The van der Waals surface area contributed by atoms with Crippen molar-refractivity contribution >= 4 is 15.8 Å². The van der Waals surface area contributed by atoms with Crippen molar-refractivity contribution in [3.63, 3.8) is 0 Å². The van der Waals surface area contributed by atoms with Crippen LogP contribution in [-0.2, 0) is 38.9 Å². The van der Waals surface area contributed by atoms with E-state index in [0.29, 0.717) is 43.4 Å². The molecule has 1 aliphatic heterocycles. The minimum absolute atomic E-state index is 0.120. The van der Waals surface area contributed by atoms with Crippen LogP contribution in [0.3, 0.4) is 0 Å². The zero-order valence-corrected chi connectivity index (χ0v) is 22.8. The molecule has 0 bridgehead atoms. The van der Waals surface area contributed by atoms with E-state index in [-0.39, 0.29) is 12.4 Å². The van der Waals surface area contributed by atoms with Crippen LogP contribution in [0.2, 0.25) is 0 Å². The molecule has 1 saturated heterocycles. The van der Waals surface area contributed by atoms with Crippen LogP contribution in [0.5, 0.6) is 11.5 Å². The van der Waals surface area contributed by atoms with Crippen LogP contribution in [0, 0.1) is 6.92 Å². The third kappa shape index (κ3) is 6.72. The molecule has 0 aromatic heterocycles. The van der Waals surface area contributed by atoms with E-state index in [9.17, 15) is 13.2 Å². The number of hydrogen-bond donors (Lipinski definition) is 1. The second-order valence-corrected chi connectivity index (χ2v) is 11.4. The van der Waals surface area contributed by atoms with Gasteiger partial charge in [-0.1, -0.05) is 42.0 Å². The number of methoxy groups -OCH3 is 2. The number of ether oxygens (including phenoxy) is 3. The fourth-order valence-corrected chi connectivity index (χ4v) is 6.18. The second-order valence-electron chi connectivity index (χ2n) is 9.32. The van der Waals surface area contributed by atoms with Crippen molar-refractivity contribution in [2.45, 2.75) is 36.8 Å². The SMILES string of the molecule is COC(=O)Cc1ccc(OCc2ccc(OC)cc2)c(CN2CCNCC2S(=O)(=O)c2ccc(C)cc2)c1. The van der Waals surface area contributed by atoms with Gasteiger partial charge in [-0.05, 0) is 48.4 Å². The van der Waals surface area contributed by atoms with Gasteiger partial charge in [-0.2, -0.15) is 0 Å². The van der Waals surface area contributed by atoms with Gasteiger partial charge in [-0.3, -0.25) is 9.69 Å². The monoisotopic (exact) mass is 538 g/mol. The van der Waals surface area contributed by atoms with Crippen LogP contribution in [0.4, 0.5) is 0 Å². The first-order valence-corrected chi connectivity index (χ1v) is 14.0. The predicted molar refractivity (Wildman–Crippen MR) is 145 cm³/mol. The summed E-state index contributed by atoms with van der Waals surface area (Å²) in [6.45, 7) is 4.16. The molecule has 3 aromatic rings. The maximum Gasteiger partial charge on any atom is 0.309 e. The number of nitrogens with zero attached hydrogens (tertiary/aromatic N) is 1. The third-order valence-electron chi connectivity index (χ3n) is 6.64. The van der Waals surface area contributed by atoms with Gasteiger partial charge in [-0.15, -0.1) is 0 Å². The first-order chi connectivity index (χ1) is 18.3. The highest BCUT2D eigenvalue weighted by molar-refractivity contribution is 7.92. The topological polar surface area (TPSA) is 94.2 Å². The van der Waals surface area contributed by atoms with Crippen molar-refractivity contribution < 1.29 is 27.4 Å². The molecule has 0 amide bonds. The molecular weight excluding hydrogens is 504 g/mol. The summed E-state index contributed by atoms with van der Waals surface area (Å²) in [7, 11) is -0.640. The Hall–Kier alpha value is -3.40. The number of rotatable bonds is 10. The number of aryl methyl sites for hydroxylation is 1. The number of benzene rings is 3. The number of sulfone groups is 1. The highest BCUT2D eigenvalue weighted by Crippen LogP contribution is 2.28. The summed E-state index contributed by atoms with van der Waals surface area (Å²) in [5.74, 6) is 1.06. The number of carbonyl (C=O) groups is 1. The average Bonchev–Trinajstić information content (AvgIpc) is 2.93. The van der Waals surface area contributed by atoms with Crippen molar-refractivity contribution in [1.29, 1.82) is 0 Å². The molecule has 9 heteroatoms. The Morgan fingerprint density at radius 2 is 1.71 bits per heavy atom. The van der Waals surface area contributed by atoms with Gasteiger partial charge < -0.3 is 19.5 Å². The van der Waals surface area contributed by atoms with E-state index in [0.717, 1.165) is 28.0 Å². The lowest BCUT2D eigenvalue weighted by molar-refractivity contribution is -0.139. The Bertz CT molecular complexity index is 1340. The lowest BCUT2D eigenvalue weighted by Gasteiger charge is -2.36. The zero-order valence-electron chi connectivity index (χ0n) is 22.0. The van der Waals surface area contributed by atoms with Gasteiger partial charge >= 0.3 is 5.97 Å². The quantitative estimate of drug-likeness (QED) is 0.392. The summed E-state index contributed by atoms with van der Waals surface area (Å²) >= 11 is 0. The van der Waals surface area contributed by atoms with Crippen molar-refractivity contribution in [3.8, 4) is 11.5 Å². The smallest absolute Gasteiger partial charge is 0.309 e. The van der Waals surface area contributed by atoms with E-state index in [4.69, 9.17) is 14.2 Å². The number of hydrogen-bond acceptors (Lipinski definition) is 8. The molecule has 0 spiro atoms. The van der Waals surface area contributed by atoms with Crippen molar-refractivity contribution in [2.75, 3.05) is 33.9 Å². The molecule has 1 heterocycles. The summed E-state index contributed by atoms with van der Waals surface area (Å²) in [6, 6.07) is 20.2. The molecule has 38 heavy (non-hydrogen) atoms.